The van der Waals surface area contributed by atoms with E-state index in [1.165, 1.54) is 12.0 Å². The molecule has 1 saturated heterocycles. The van der Waals surface area contributed by atoms with E-state index < -0.39 is 0 Å². The van der Waals surface area contributed by atoms with Crippen LogP contribution in [-0.2, 0) is 6.42 Å². The van der Waals surface area contributed by atoms with Gasteiger partial charge in [0.15, 0.2) is 5.78 Å². The van der Waals surface area contributed by atoms with Crippen LogP contribution in [0.15, 0.2) is 24.3 Å². The van der Waals surface area contributed by atoms with Crippen LogP contribution in [-0.4, -0.2) is 18.9 Å². The molecule has 0 amide bonds. The molecule has 120 valence electrons. The first kappa shape index (κ1) is 20.4. The highest BCUT2D eigenvalue weighted by Gasteiger charge is 2.21. The molecule has 1 unspecified atom stereocenters. The Hall–Kier alpha value is -0.570. The Kier molecular flexibility index (Phi) is 9.93. The van der Waals surface area contributed by atoms with E-state index in [-0.39, 0.29) is 30.7 Å². The SMILES string of the molecule is CCC(C)Cc1ccc(C(=O)C2CCNCC2)cc1.Cl.Cl. The molecule has 1 aliphatic rings. The van der Waals surface area contributed by atoms with Crippen molar-refractivity contribution in [2.75, 3.05) is 13.1 Å². The Labute approximate surface area is 140 Å². The average Bonchev–Trinajstić information content (AvgIpc) is 2.48. The molecule has 1 aromatic rings. The van der Waals surface area contributed by atoms with Gasteiger partial charge in [0.05, 0.1) is 0 Å². The van der Waals surface area contributed by atoms with Crippen molar-refractivity contribution in [2.24, 2.45) is 11.8 Å². The second kappa shape index (κ2) is 10.2. The molecule has 0 spiro atoms. The zero-order valence-electron chi connectivity index (χ0n) is 12.9. The lowest BCUT2D eigenvalue weighted by molar-refractivity contribution is 0.0895. The van der Waals surface area contributed by atoms with Crippen molar-refractivity contribution < 1.29 is 4.79 Å². The van der Waals surface area contributed by atoms with Gasteiger partial charge in [0.1, 0.15) is 0 Å². The second-order valence-corrected chi connectivity index (χ2v) is 5.80. The number of ketones is 1. The zero-order chi connectivity index (χ0) is 13.7. The molecule has 1 atom stereocenters. The predicted molar refractivity (Wildman–Crippen MR) is 94.0 cm³/mol. The Bertz CT molecular complexity index is 413. The summed E-state index contributed by atoms with van der Waals surface area (Å²) in [6.07, 6.45) is 4.27. The first-order valence-corrected chi connectivity index (χ1v) is 7.54. The number of hydrogen-bond acceptors (Lipinski definition) is 2. The molecule has 1 fully saturated rings. The maximum absolute atomic E-state index is 12.4. The van der Waals surface area contributed by atoms with Crippen LogP contribution in [0.3, 0.4) is 0 Å². The van der Waals surface area contributed by atoms with Crippen LogP contribution >= 0.6 is 24.8 Å². The van der Waals surface area contributed by atoms with Gasteiger partial charge in [-0.2, -0.15) is 0 Å². The van der Waals surface area contributed by atoms with Gasteiger partial charge in [0, 0.05) is 11.5 Å². The van der Waals surface area contributed by atoms with Crippen LogP contribution in [0.1, 0.15) is 49.0 Å². The van der Waals surface area contributed by atoms with Gasteiger partial charge in [-0.15, -0.1) is 24.8 Å². The van der Waals surface area contributed by atoms with Gasteiger partial charge in [-0.05, 0) is 43.8 Å². The molecule has 0 bridgehead atoms. The normalized spacial score (nSPS) is 16.5. The Balaban J connectivity index is 0.00000200. The Morgan fingerprint density at radius 3 is 2.29 bits per heavy atom. The summed E-state index contributed by atoms with van der Waals surface area (Å²) in [6.45, 7) is 6.44. The van der Waals surface area contributed by atoms with Crippen LogP contribution in [0.4, 0.5) is 0 Å². The lowest BCUT2D eigenvalue weighted by Crippen LogP contribution is -2.31. The van der Waals surface area contributed by atoms with Crippen molar-refractivity contribution in [1.29, 1.82) is 0 Å². The first-order valence-electron chi connectivity index (χ1n) is 7.54. The quantitative estimate of drug-likeness (QED) is 0.815. The van der Waals surface area contributed by atoms with E-state index in [4.69, 9.17) is 0 Å². The molecule has 0 radical (unpaired) electrons. The summed E-state index contributed by atoms with van der Waals surface area (Å²) < 4.78 is 0. The summed E-state index contributed by atoms with van der Waals surface area (Å²) in [5.74, 6) is 1.27. The van der Waals surface area contributed by atoms with Gasteiger partial charge in [-0.1, -0.05) is 44.5 Å². The fraction of sp³-hybridized carbons (Fsp3) is 0.588. The van der Waals surface area contributed by atoms with E-state index in [1.807, 2.05) is 12.1 Å². The number of carbonyl (C=O) groups excluding carboxylic acids is 1. The summed E-state index contributed by atoms with van der Waals surface area (Å²) in [5, 5.41) is 3.31. The molecular weight excluding hydrogens is 305 g/mol. The monoisotopic (exact) mass is 331 g/mol. The van der Waals surface area contributed by atoms with Crippen LogP contribution in [0.2, 0.25) is 0 Å². The molecule has 1 N–H and O–H groups in total. The third-order valence-corrected chi connectivity index (χ3v) is 4.23. The van der Waals surface area contributed by atoms with Gasteiger partial charge in [0.2, 0.25) is 0 Å². The largest absolute Gasteiger partial charge is 0.317 e. The minimum atomic E-state index is 0. The van der Waals surface area contributed by atoms with Gasteiger partial charge < -0.3 is 5.32 Å². The number of carbonyl (C=O) groups is 1. The number of rotatable bonds is 5. The summed E-state index contributed by atoms with van der Waals surface area (Å²) >= 11 is 0. The lowest BCUT2D eigenvalue weighted by Gasteiger charge is -2.21. The number of nitrogens with one attached hydrogen (secondary N) is 1. The van der Waals surface area contributed by atoms with Gasteiger partial charge >= 0.3 is 0 Å². The lowest BCUT2D eigenvalue weighted by atomic mass is 9.89. The highest BCUT2D eigenvalue weighted by atomic mass is 35.5. The number of hydrogen-bond donors (Lipinski definition) is 1. The average molecular weight is 332 g/mol. The molecule has 0 aromatic heterocycles. The van der Waals surface area contributed by atoms with E-state index in [0.717, 1.165) is 37.9 Å². The molecule has 0 aliphatic carbocycles. The first-order chi connectivity index (χ1) is 9.20. The van der Waals surface area contributed by atoms with Crippen molar-refractivity contribution in [3.05, 3.63) is 35.4 Å². The molecular formula is C17H27Cl2NO. The molecule has 21 heavy (non-hydrogen) atoms. The number of Topliss-reactive ketones (excluding diaryl/α,β-unsaturated/α-hetero) is 1. The molecule has 1 heterocycles. The molecule has 0 saturated carbocycles. The molecule has 2 nitrogen and oxygen atoms in total. The van der Waals surface area contributed by atoms with E-state index in [9.17, 15) is 4.79 Å². The van der Waals surface area contributed by atoms with E-state index in [1.54, 1.807) is 0 Å². The minimum absolute atomic E-state index is 0. The highest BCUT2D eigenvalue weighted by Crippen LogP contribution is 2.19. The topological polar surface area (TPSA) is 29.1 Å². The molecule has 1 aromatic carbocycles. The van der Waals surface area contributed by atoms with Crippen LogP contribution in [0, 0.1) is 11.8 Å². The minimum Gasteiger partial charge on any atom is -0.317 e. The van der Waals surface area contributed by atoms with Gasteiger partial charge in [-0.25, -0.2) is 0 Å². The number of piperidine rings is 1. The Morgan fingerprint density at radius 2 is 1.76 bits per heavy atom. The van der Waals surface area contributed by atoms with Gasteiger partial charge in [0.25, 0.3) is 0 Å². The number of benzene rings is 1. The van der Waals surface area contributed by atoms with E-state index >= 15 is 0 Å². The third kappa shape index (κ3) is 5.98. The molecule has 4 heteroatoms. The number of halogens is 2. The molecule has 1 aliphatic heterocycles. The summed E-state index contributed by atoms with van der Waals surface area (Å²) in [4.78, 5) is 12.4. The van der Waals surface area contributed by atoms with E-state index in [2.05, 4.69) is 31.3 Å². The van der Waals surface area contributed by atoms with Crippen molar-refractivity contribution in [3.8, 4) is 0 Å². The maximum Gasteiger partial charge on any atom is 0.166 e. The molecule has 2 rings (SSSR count). The van der Waals surface area contributed by atoms with E-state index in [0.29, 0.717) is 11.7 Å². The smallest absolute Gasteiger partial charge is 0.166 e. The third-order valence-electron chi connectivity index (χ3n) is 4.23. The van der Waals surface area contributed by atoms with Crippen molar-refractivity contribution in [2.45, 2.75) is 39.5 Å². The fourth-order valence-electron chi connectivity index (χ4n) is 2.67. The Morgan fingerprint density at radius 1 is 1.19 bits per heavy atom. The summed E-state index contributed by atoms with van der Waals surface area (Å²) in [7, 11) is 0. The highest BCUT2D eigenvalue weighted by molar-refractivity contribution is 5.97. The van der Waals surface area contributed by atoms with Crippen molar-refractivity contribution >= 4 is 30.6 Å². The second-order valence-electron chi connectivity index (χ2n) is 5.80. The summed E-state index contributed by atoms with van der Waals surface area (Å²) in [5.41, 5.74) is 2.23. The maximum atomic E-state index is 12.4. The van der Waals surface area contributed by atoms with Crippen LogP contribution in [0.25, 0.3) is 0 Å². The fourth-order valence-corrected chi connectivity index (χ4v) is 2.67. The standard InChI is InChI=1S/C17H25NO.2ClH/c1-3-13(2)12-14-4-6-15(7-5-14)17(19)16-8-10-18-11-9-16;;/h4-7,13,16,18H,3,8-12H2,1-2H3;2*1H. The van der Waals surface area contributed by atoms with Crippen LogP contribution < -0.4 is 5.32 Å². The summed E-state index contributed by atoms with van der Waals surface area (Å²) in [6, 6.07) is 8.28. The zero-order valence-corrected chi connectivity index (χ0v) is 14.6. The van der Waals surface area contributed by atoms with Gasteiger partial charge in [-0.3, -0.25) is 4.79 Å². The van der Waals surface area contributed by atoms with Crippen molar-refractivity contribution in [3.63, 3.8) is 0 Å². The van der Waals surface area contributed by atoms with Crippen molar-refractivity contribution in [1.82, 2.24) is 5.32 Å². The predicted octanol–water partition coefficient (Wildman–Crippen LogP) is 4.30. The van der Waals surface area contributed by atoms with Crippen LogP contribution in [0.5, 0.6) is 0 Å².